The Kier molecular flexibility index (Phi) is 13.9. The fourth-order valence-electron chi connectivity index (χ4n) is 6.33. The summed E-state index contributed by atoms with van der Waals surface area (Å²) in [5.41, 5.74) is 0. The van der Waals surface area contributed by atoms with Crippen molar-refractivity contribution in [2.24, 2.45) is 0 Å². The highest BCUT2D eigenvalue weighted by atomic mass is 28.4. The highest BCUT2D eigenvalue weighted by Crippen LogP contribution is 2.50. The molecule has 0 amide bonds. The monoisotopic (exact) mass is 370 g/mol. The second kappa shape index (κ2) is 13.6. The van der Waals surface area contributed by atoms with Crippen molar-refractivity contribution in [3.63, 3.8) is 0 Å². The van der Waals surface area contributed by atoms with E-state index >= 15 is 0 Å². The molecule has 0 bridgehead atoms. The van der Waals surface area contributed by atoms with E-state index < -0.39 is 16.1 Å². The van der Waals surface area contributed by atoms with Crippen LogP contribution in [0.1, 0.15) is 99.8 Å². The van der Waals surface area contributed by atoms with Crippen LogP contribution in [0.4, 0.5) is 0 Å². The van der Waals surface area contributed by atoms with Gasteiger partial charge in [0.1, 0.15) is 0 Å². The summed E-state index contributed by atoms with van der Waals surface area (Å²) in [6.45, 7) is 17.3. The molecule has 0 unspecified atom stereocenters. The third kappa shape index (κ3) is 6.63. The first-order valence-corrected chi connectivity index (χ1v) is 17.0. The molecule has 0 aromatic heterocycles. The van der Waals surface area contributed by atoms with E-state index in [0.717, 1.165) is 0 Å². The molecular weight excluding hydrogens is 320 g/mol. The molecule has 2 heteroatoms. The molecule has 0 aromatic carbocycles. The van der Waals surface area contributed by atoms with Crippen LogP contribution in [-0.2, 0) is 0 Å². The van der Waals surface area contributed by atoms with E-state index in [4.69, 9.17) is 0 Å². The molecule has 0 atom stereocenters. The molecule has 0 N–H and O–H groups in total. The quantitative estimate of drug-likeness (QED) is 0.238. The van der Waals surface area contributed by atoms with Gasteiger partial charge in [0.15, 0.2) is 0 Å². The third-order valence-corrected chi connectivity index (χ3v) is 22.7. The topological polar surface area (TPSA) is 0 Å². The van der Waals surface area contributed by atoms with E-state index in [-0.39, 0.29) is 0 Å². The first-order chi connectivity index (χ1) is 11.6. The molecule has 0 saturated carbocycles. The fourth-order valence-corrected chi connectivity index (χ4v) is 25.5. The molecule has 0 radical (unpaired) electrons. The first kappa shape index (κ1) is 24.4. The molecule has 146 valence electrons. The van der Waals surface area contributed by atoms with Crippen molar-refractivity contribution in [3.8, 4) is 0 Å². The van der Waals surface area contributed by atoms with Crippen molar-refractivity contribution in [2.45, 2.75) is 141 Å². The predicted octanol–water partition coefficient (Wildman–Crippen LogP) is 9.05. The molecule has 0 rings (SSSR count). The van der Waals surface area contributed by atoms with E-state index in [2.05, 4.69) is 48.5 Å². The van der Waals surface area contributed by atoms with Gasteiger partial charge in [-0.2, -0.15) is 0 Å². The summed E-state index contributed by atoms with van der Waals surface area (Å²) in [7, 11) is -2.26. The molecule has 0 fully saturated rings. The standard InChI is InChI=1S/C22H50Si2/c1-8-15-22(23(16-9-2,17-10-3)18-11-4)24(19-12-5,20-13-6)21-14-7/h22H,8-21H2,1-7H3. The number of hydrogen-bond donors (Lipinski definition) is 0. The van der Waals surface area contributed by atoms with Gasteiger partial charge >= 0.3 is 0 Å². The lowest BCUT2D eigenvalue weighted by molar-refractivity contribution is 0.744. The van der Waals surface area contributed by atoms with Crippen LogP contribution < -0.4 is 0 Å². The average Bonchev–Trinajstić information content (AvgIpc) is 2.54. The largest absolute Gasteiger partial charge is 0.0657 e. The van der Waals surface area contributed by atoms with E-state index in [9.17, 15) is 0 Å². The average molecular weight is 371 g/mol. The Morgan fingerprint density at radius 2 is 0.667 bits per heavy atom. The highest BCUT2D eigenvalue weighted by Gasteiger charge is 2.49. The van der Waals surface area contributed by atoms with Crippen LogP contribution in [0.3, 0.4) is 0 Å². The van der Waals surface area contributed by atoms with Crippen molar-refractivity contribution >= 4 is 16.1 Å². The van der Waals surface area contributed by atoms with Gasteiger partial charge in [-0.05, 0) is 5.16 Å². The zero-order valence-corrected chi connectivity index (χ0v) is 20.5. The van der Waals surface area contributed by atoms with Crippen LogP contribution in [0.2, 0.25) is 41.4 Å². The van der Waals surface area contributed by atoms with Gasteiger partial charge < -0.3 is 0 Å². The van der Waals surface area contributed by atoms with Crippen LogP contribution >= 0.6 is 0 Å². The van der Waals surface area contributed by atoms with Crippen LogP contribution in [-0.4, -0.2) is 16.1 Å². The van der Waals surface area contributed by atoms with Gasteiger partial charge in [-0.25, -0.2) is 0 Å². The van der Waals surface area contributed by atoms with Gasteiger partial charge in [0, 0.05) is 0 Å². The normalized spacial score (nSPS) is 13.0. The highest BCUT2D eigenvalue weighted by molar-refractivity contribution is 6.99. The van der Waals surface area contributed by atoms with Gasteiger partial charge in [0.05, 0.1) is 16.1 Å². The SMILES string of the molecule is CCCC([Si](CCC)(CCC)CCC)[Si](CCC)(CCC)CCC. The lowest BCUT2D eigenvalue weighted by Gasteiger charge is -2.50. The Hall–Kier alpha value is 0.434. The molecule has 0 saturated heterocycles. The minimum Gasteiger partial charge on any atom is -0.0657 e. The summed E-state index contributed by atoms with van der Waals surface area (Å²) < 4.78 is 0. The third-order valence-electron chi connectivity index (χ3n) is 6.54. The maximum atomic E-state index is 2.47. The minimum atomic E-state index is -1.13. The Morgan fingerprint density at radius 3 is 0.833 bits per heavy atom. The molecule has 24 heavy (non-hydrogen) atoms. The van der Waals surface area contributed by atoms with Crippen LogP contribution in [0, 0.1) is 0 Å². The lowest BCUT2D eigenvalue weighted by atomic mass is 10.4. The molecular formula is C22H50Si2. The van der Waals surface area contributed by atoms with Crippen molar-refractivity contribution < 1.29 is 0 Å². The van der Waals surface area contributed by atoms with Gasteiger partial charge in [-0.1, -0.05) is 136 Å². The van der Waals surface area contributed by atoms with Crippen molar-refractivity contribution in [2.75, 3.05) is 0 Å². The Morgan fingerprint density at radius 1 is 0.417 bits per heavy atom. The Labute approximate surface area is 157 Å². The zero-order chi connectivity index (χ0) is 18.5. The second-order valence-corrected chi connectivity index (χ2v) is 19.0. The van der Waals surface area contributed by atoms with E-state index in [1.54, 1.807) is 42.7 Å². The molecule has 0 spiro atoms. The van der Waals surface area contributed by atoms with Crippen molar-refractivity contribution in [1.82, 2.24) is 0 Å². The Balaban J connectivity index is 6.05. The Bertz CT molecular complexity index is 228. The lowest BCUT2D eigenvalue weighted by Crippen LogP contribution is -2.54. The predicted molar refractivity (Wildman–Crippen MR) is 121 cm³/mol. The smallest absolute Gasteiger partial charge is 0.0540 e. The molecule has 0 aliphatic rings. The minimum absolute atomic E-state index is 1.13. The molecule has 0 heterocycles. The number of hydrogen-bond acceptors (Lipinski definition) is 0. The summed E-state index contributed by atoms with van der Waals surface area (Å²) >= 11 is 0. The van der Waals surface area contributed by atoms with Crippen LogP contribution in [0.5, 0.6) is 0 Å². The van der Waals surface area contributed by atoms with Crippen molar-refractivity contribution in [3.05, 3.63) is 0 Å². The summed E-state index contributed by atoms with van der Waals surface area (Å²) in [5.74, 6) is 0. The summed E-state index contributed by atoms with van der Waals surface area (Å²) in [6.07, 6.45) is 11.7. The zero-order valence-electron chi connectivity index (χ0n) is 18.5. The summed E-state index contributed by atoms with van der Waals surface area (Å²) in [4.78, 5) is 0. The van der Waals surface area contributed by atoms with Crippen molar-refractivity contribution in [1.29, 1.82) is 0 Å². The fraction of sp³-hybridized carbons (Fsp3) is 1.00. The van der Waals surface area contributed by atoms with Gasteiger partial charge in [-0.15, -0.1) is 0 Å². The molecule has 0 nitrogen and oxygen atoms in total. The maximum Gasteiger partial charge on any atom is 0.0540 e. The summed E-state index contributed by atoms with van der Waals surface area (Å²) in [6, 6.07) is 9.78. The van der Waals surface area contributed by atoms with Gasteiger partial charge in [0.2, 0.25) is 0 Å². The van der Waals surface area contributed by atoms with Gasteiger partial charge in [-0.3, -0.25) is 0 Å². The molecule has 0 aliphatic carbocycles. The summed E-state index contributed by atoms with van der Waals surface area (Å²) in [5, 5.41) is 1.22. The van der Waals surface area contributed by atoms with E-state index in [1.165, 1.54) is 50.1 Å². The second-order valence-electron chi connectivity index (χ2n) is 8.57. The first-order valence-electron chi connectivity index (χ1n) is 11.6. The van der Waals surface area contributed by atoms with Gasteiger partial charge in [0.25, 0.3) is 0 Å². The van der Waals surface area contributed by atoms with E-state index in [1.807, 2.05) is 0 Å². The molecule has 0 aliphatic heterocycles. The van der Waals surface area contributed by atoms with Crippen LogP contribution in [0.25, 0.3) is 0 Å². The number of rotatable bonds is 16. The van der Waals surface area contributed by atoms with E-state index in [0.29, 0.717) is 0 Å². The van der Waals surface area contributed by atoms with Crippen LogP contribution in [0.15, 0.2) is 0 Å². The maximum absolute atomic E-state index is 2.47. The molecule has 0 aromatic rings.